The standard InChI is InChI=1S/C21H21NO4/c1-3-14-4-9-19-17(12-14)18(22-11-10-21(23)24)13-20(26-19)15-5-7-16(25-2)8-6-15/h4-9,12-13H,3,10-11H2,1-2H3,(H,23,24). The van der Waals surface area contributed by atoms with Crippen LogP contribution < -0.4 is 10.1 Å². The lowest BCUT2D eigenvalue weighted by Gasteiger charge is -2.07. The molecule has 2 aromatic carbocycles. The van der Waals surface area contributed by atoms with Gasteiger partial charge in [0.05, 0.1) is 25.4 Å². The van der Waals surface area contributed by atoms with Crippen molar-refractivity contribution in [3.8, 4) is 17.1 Å². The summed E-state index contributed by atoms with van der Waals surface area (Å²) in [5.41, 5.74) is 2.81. The monoisotopic (exact) mass is 351 g/mol. The van der Waals surface area contributed by atoms with Gasteiger partial charge in [-0.1, -0.05) is 13.0 Å². The van der Waals surface area contributed by atoms with Crippen LogP contribution in [-0.4, -0.2) is 24.7 Å². The van der Waals surface area contributed by atoms with Crippen LogP contribution in [0.3, 0.4) is 0 Å². The molecule has 1 aromatic heterocycles. The topological polar surface area (TPSA) is 72.0 Å². The maximum absolute atomic E-state index is 10.8. The third-order valence-electron chi connectivity index (χ3n) is 4.20. The molecule has 134 valence electrons. The molecule has 1 heterocycles. The molecule has 0 amide bonds. The van der Waals surface area contributed by atoms with E-state index in [2.05, 4.69) is 18.0 Å². The highest BCUT2D eigenvalue weighted by molar-refractivity contribution is 5.79. The first kappa shape index (κ1) is 17.7. The third-order valence-corrected chi connectivity index (χ3v) is 4.20. The number of aryl methyl sites for hydroxylation is 1. The first-order valence-corrected chi connectivity index (χ1v) is 8.54. The predicted octanol–water partition coefficient (Wildman–Crippen LogP) is 4.05. The van der Waals surface area contributed by atoms with E-state index in [0.717, 1.165) is 34.1 Å². The van der Waals surface area contributed by atoms with Crippen LogP contribution in [-0.2, 0) is 11.2 Å². The van der Waals surface area contributed by atoms with Crippen molar-refractivity contribution >= 4 is 16.9 Å². The van der Waals surface area contributed by atoms with Crippen molar-refractivity contribution in [2.24, 2.45) is 4.99 Å². The zero-order valence-electron chi connectivity index (χ0n) is 14.9. The van der Waals surface area contributed by atoms with Crippen LogP contribution in [0.15, 0.2) is 57.9 Å². The number of nitrogens with zero attached hydrogens (tertiary/aromatic N) is 1. The quantitative estimate of drug-likeness (QED) is 0.727. The zero-order chi connectivity index (χ0) is 18.5. The second-order valence-corrected chi connectivity index (χ2v) is 5.93. The van der Waals surface area contributed by atoms with E-state index in [9.17, 15) is 4.79 Å². The minimum atomic E-state index is -0.858. The Morgan fingerprint density at radius 2 is 1.92 bits per heavy atom. The van der Waals surface area contributed by atoms with Crippen molar-refractivity contribution in [3.63, 3.8) is 0 Å². The van der Waals surface area contributed by atoms with Gasteiger partial charge in [0.15, 0.2) is 0 Å². The fourth-order valence-corrected chi connectivity index (χ4v) is 2.74. The van der Waals surface area contributed by atoms with Crippen LogP contribution in [0.5, 0.6) is 5.75 Å². The van der Waals surface area contributed by atoms with E-state index in [-0.39, 0.29) is 13.0 Å². The lowest BCUT2D eigenvalue weighted by molar-refractivity contribution is -0.136. The summed E-state index contributed by atoms with van der Waals surface area (Å²) in [4.78, 5) is 15.3. The Hall–Kier alpha value is -3.08. The molecule has 5 heteroatoms. The van der Waals surface area contributed by atoms with Gasteiger partial charge in [-0.15, -0.1) is 0 Å². The average molecular weight is 351 g/mol. The molecule has 1 N–H and O–H groups in total. The average Bonchev–Trinajstić information content (AvgIpc) is 2.67. The van der Waals surface area contributed by atoms with Crippen molar-refractivity contribution < 1.29 is 19.1 Å². The number of carboxylic acid groups (broad SMARTS) is 1. The number of fused-ring (bicyclic) bond motifs is 1. The molecule has 3 rings (SSSR count). The predicted molar refractivity (Wildman–Crippen MR) is 100 cm³/mol. The molecule has 5 nitrogen and oxygen atoms in total. The molecule has 0 aliphatic heterocycles. The van der Waals surface area contributed by atoms with Gasteiger partial charge in [0.25, 0.3) is 0 Å². The van der Waals surface area contributed by atoms with E-state index in [1.165, 1.54) is 5.56 Å². The Labute approximate surface area is 151 Å². The fraction of sp³-hybridized carbons (Fsp3) is 0.238. The summed E-state index contributed by atoms with van der Waals surface area (Å²) in [6.45, 7) is 2.32. The number of rotatable bonds is 6. The Morgan fingerprint density at radius 3 is 2.58 bits per heavy atom. The minimum Gasteiger partial charge on any atom is -0.497 e. The third kappa shape index (κ3) is 3.94. The molecular weight excluding hydrogens is 330 g/mol. The van der Waals surface area contributed by atoms with Crippen molar-refractivity contribution in [1.82, 2.24) is 0 Å². The summed E-state index contributed by atoms with van der Waals surface area (Å²) >= 11 is 0. The minimum absolute atomic E-state index is 0.00112. The van der Waals surface area contributed by atoms with Gasteiger partial charge >= 0.3 is 5.97 Å². The van der Waals surface area contributed by atoms with Crippen molar-refractivity contribution in [3.05, 3.63) is 59.5 Å². The molecule has 0 saturated carbocycles. The highest BCUT2D eigenvalue weighted by Gasteiger charge is 2.07. The van der Waals surface area contributed by atoms with Crippen LogP contribution in [0, 0.1) is 0 Å². The number of hydrogen-bond acceptors (Lipinski definition) is 4. The van der Waals surface area contributed by atoms with Gasteiger partial charge in [-0.05, 0) is 48.4 Å². The molecule has 0 saturated heterocycles. The lowest BCUT2D eigenvalue weighted by Crippen LogP contribution is -2.07. The van der Waals surface area contributed by atoms with Gasteiger partial charge in [-0.25, -0.2) is 0 Å². The molecule has 0 aliphatic carbocycles. The number of methoxy groups -OCH3 is 1. The Bertz CT molecular complexity index is 987. The lowest BCUT2D eigenvalue weighted by atomic mass is 10.1. The van der Waals surface area contributed by atoms with E-state index in [1.807, 2.05) is 42.5 Å². The van der Waals surface area contributed by atoms with Gasteiger partial charge in [0, 0.05) is 17.0 Å². The number of carboxylic acids is 1. The summed E-state index contributed by atoms with van der Waals surface area (Å²) in [5, 5.41) is 10.5. The van der Waals surface area contributed by atoms with Crippen molar-refractivity contribution in [2.75, 3.05) is 13.7 Å². The first-order chi connectivity index (χ1) is 12.6. The molecule has 0 aliphatic rings. The SMILES string of the molecule is CCc1ccc2oc(-c3ccc(OC)cc3)cc(=NCCC(=O)O)c2c1. The number of hydrogen-bond donors (Lipinski definition) is 1. The van der Waals surface area contributed by atoms with Crippen LogP contribution >= 0.6 is 0 Å². The highest BCUT2D eigenvalue weighted by Crippen LogP contribution is 2.25. The fourth-order valence-electron chi connectivity index (χ4n) is 2.74. The first-order valence-electron chi connectivity index (χ1n) is 8.54. The zero-order valence-corrected chi connectivity index (χ0v) is 14.9. The summed E-state index contributed by atoms with van der Waals surface area (Å²) < 4.78 is 11.3. The van der Waals surface area contributed by atoms with Gasteiger partial charge < -0.3 is 14.3 Å². The van der Waals surface area contributed by atoms with Gasteiger partial charge in [-0.3, -0.25) is 9.79 Å². The molecular formula is C21H21NO4. The maximum atomic E-state index is 10.8. The van der Waals surface area contributed by atoms with E-state index in [0.29, 0.717) is 5.76 Å². The van der Waals surface area contributed by atoms with Gasteiger partial charge in [0.2, 0.25) is 0 Å². The number of ether oxygens (including phenoxy) is 1. The van der Waals surface area contributed by atoms with Crippen LogP contribution in [0.4, 0.5) is 0 Å². The smallest absolute Gasteiger partial charge is 0.305 e. The summed E-state index contributed by atoms with van der Waals surface area (Å²) in [5.74, 6) is 0.593. The van der Waals surface area contributed by atoms with E-state index in [1.54, 1.807) is 7.11 Å². The van der Waals surface area contributed by atoms with E-state index >= 15 is 0 Å². The van der Waals surface area contributed by atoms with Crippen LogP contribution in [0.25, 0.3) is 22.3 Å². The van der Waals surface area contributed by atoms with Gasteiger partial charge in [0.1, 0.15) is 17.1 Å². The van der Waals surface area contributed by atoms with Crippen LogP contribution in [0.1, 0.15) is 18.9 Å². The molecule has 26 heavy (non-hydrogen) atoms. The Kier molecular flexibility index (Phi) is 5.37. The van der Waals surface area contributed by atoms with Crippen molar-refractivity contribution in [1.29, 1.82) is 0 Å². The Morgan fingerprint density at radius 1 is 1.15 bits per heavy atom. The molecule has 0 bridgehead atoms. The van der Waals surface area contributed by atoms with Crippen molar-refractivity contribution in [2.45, 2.75) is 19.8 Å². The molecule has 0 unspecified atom stereocenters. The largest absolute Gasteiger partial charge is 0.497 e. The summed E-state index contributed by atoms with van der Waals surface area (Å²) in [7, 11) is 1.63. The molecule has 0 atom stereocenters. The Balaban J connectivity index is 2.14. The highest BCUT2D eigenvalue weighted by atomic mass is 16.5. The van der Waals surface area contributed by atoms with E-state index < -0.39 is 5.97 Å². The molecule has 0 fully saturated rings. The summed E-state index contributed by atoms with van der Waals surface area (Å²) in [6, 6.07) is 15.5. The second-order valence-electron chi connectivity index (χ2n) is 5.93. The molecule has 3 aromatic rings. The molecule has 0 radical (unpaired) electrons. The molecule has 0 spiro atoms. The maximum Gasteiger partial charge on any atom is 0.305 e. The van der Waals surface area contributed by atoms with Crippen LogP contribution in [0.2, 0.25) is 0 Å². The second kappa shape index (κ2) is 7.87. The van der Waals surface area contributed by atoms with Gasteiger partial charge in [-0.2, -0.15) is 0 Å². The number of benzene rings is 2. The normalized spacial score (nSPS) is 11.7. The number of carbonyl (C=O) groups is 1. The number of aliphatic carboxylic acids is 1. The summed E-state index contributed by atoms with van der Waals surface area (Å²) in [6.07, 6.45) is 0.906. The van der Waals surface area contributed by atoms with E-state index in [4.69, 9.17) is 14.3 Å².